The second kappa shape index (κ2) is 8.51. The summed E-state index contributed by atoms with van der Waals surface area (Å²) in [5.41, 5.74) is 4.82. The maximum Gasteiger partial charge on any atom is 0.266 e. The molecule has 4 aromatic heterocycles. The maximum absolute atomic E-state index is 12.3. The number of pyridine rings is 1. The predicted octanol–water partition coefficient (Wildman–Crippen LogP) is 1.72. The number of fused-ring (bicyclic) bond motifs is 1. The van der Waals surface area contributed by atoms with Gasteiger partial charge in [-0.2, -0.15) is 5.10 Å². The van der Waals surface area contributed by atoms with Crippen molar-refractivity contribution in [1.29, 1.82) is 0 Å². The summed E-state index contributed by atoms with van der Waals surface area (Å²) in [6.07, 6.45) is 5.14. The Hall–Kier alpha value is -3.59. The van der Waals surface area contributed by atoms with Crippen LogP contribution in [-0.4, -0.2) is 66.9 Å². The Balaban J connectivity index is 1.24. The quantitative estimate of drug-likeness (QED) is 0.477. The van der Waals surface area contributed by atoms with E-state index in [2.05, 4.69) is 54.5 Å². The van der Waals surface area contributed by atoms with Crippen LogP contribution >= 0.6 is 0 Å². The smallest absolute Gasteiger partial charge is 0.266 e. The summed E-state index contributed by atoms with van der Waals surface area (Å²) < 4.78 is 3.71. The van der Waals surface area contributed by atoms with E-state index >= 15 is 0 Å². The van der Waals surface area contributed by atoms with Crippen LogP contribution < -0.4 is 10.5 Å². The molecule has 0 radical (unpaired) electrons. The molecule has 164 valence electrons. The van der Waals surface area contributed by atoms with Crippen LogP contribution in [-0.2, 0) is 13.6 Å². The lowest BCUT2D eigenvalue weighted by molar-refractivity contribution is 0.242. The van der Waals surface area contributed by atoms with Crippen molar-refractivity contribution in [2.45, 2.75) is 13.5 Å². The van der Waals surface area contributed by atoms with E-state index in [1.165, 1.54) is 5.69 Å². The minimum atomic E-state index is -0.0845. The lowest BCUT2D eigenvalue weighted by atomic mass is 10.2. The number of rotatable bonds is 5. The van der Waals surface area contributed by atoms with Crippen LogP contribution in [0.15, 0.2) is 53.8 Å². The highest BCUT2D eigenvalue weighted by Gasteiger charge is 2.21. The Morgan fingerprint density at radius 2 is 1.88 bits per heavy atom. The fourth-order valence-corrected chi connectivity index (χ4v) is 4.21. The topological polar surface area (TPSA) is 85.0 Å². The van der Waals surface area contributed by atoms with E-state index in [1.54, 1.807) is 35.5 Å². The number of aryl methyl sites for hydroxylation is 2. The molecule has 1 fully saturated rings. The molecule has 9 heteroatoms. The SMILES string of the molecule is Cc1cc2ncnc(N3CCN(CCn4nc(-c5cccnc5)ccc4=O)CC3)c2n1C. The monoisotopic (exact) mass is 430 g/mol. The molecule has 1 aliphatic rings. The lowest BCUT2D eigenvalue weighted by Gasteiger charge is -2.35. The molecule has 1 saturated heterocycles. The summed E-state index contributed by atoms with van der Waals surface area (Å²) in [6.45, 7) is 7.00. The van der Waals surface area contributed by atoms with Gasteiger partial charge >= 0.3 is 0 Å². The largest absolute Gasteiger partial charge is 0.352 e. The minimum Gasteiger partial charge on any atom is -0.352 e. The van der Waals surface area contributed by atoms with Gasteiger partial charge in [0.25, 0.3) is 5.56 Å². The van der Waals surface area contributed by atoms with Crippen LogP contribution in [0.1, 0.15) is 5.69 Å². The molecule has 5 rings (SSSR count). The van der Waals surface area contributed by atoms with Crippen LogP contribution in [0.4, 0.5) is 5.82 Å². The number of hydrogen-bond acceptors (Lipinski definition) is 7. The van der Waals surface area contributed by atoms with Crippen molar-refractivity contribution in [2.24, 2.45) is 7.05 Å². The average molecular weight is 431 g/mol. The zero-order valence-corrected chi connectivity index (χ0v) is 18.3. The first-order valence-corrected chi connectivity index (χ1v) is 10.8. The van der Waals surface area contributed by atoms with Gasteiger partial charge in [-0.3, -0.25) is 14.7 Å². The van der Waals surface area contributed by atoms with Crippen molar-refractivity contribution in [3.05, 3.63) is 65.1 Å². The van der Waals surface area contributed by atoms with E-state index in [4.69, 9.17) is 0 Å². The molecular weight excluding hydrogens is 404 g/mol. The third kappa shape index (κ3) is 3.87. The number of nitrogens with zero attached hydrogens (tertiary/aromatic N) is 8. The molecular formula is C23H26N8O. The minimum absolute atomic E-state index is 0.0845. The third-order valence-electron chi connectivity index (χ3n) is 6.17. The highest BCUT2D eigenvalue weighted by molar-refractivity contribution is 5.87. The van der Waals surface area contributed by atoms with Gasteiger partial charge in [-0.05, 0) is 31.2 Å². The zero-order chi connectivity index (χ0) is 22.1. The van der Waals surface area contributed by atoms with Gasteiger partial charge in [0.2, 0.25) is 0 Å². The Bertz CT molecular complexity index is 1290. The highest BCUT2D eigenvalue weighted by Crippen LogP contribution is 2.26. The molecule has 0 spiro atoms. The van der Waals surface area contributed by atoms with E-state index in [9.17, 15) is 4.79 Å². The standard InChI is InChI=1S/C23H26N8O/c1-17-14-20-22(28(17)2)23(26-16-25-20)30-11-8-29(9-12-30)10-13-31-21(32)6-5-19(27-31)18-4-3-7-24-15-18/h3-7,14-16H,8-13H2,1-2H3. The molecule has 0 N–H and O–H groups in total. The molecule has 4 aromatic rings. The summed E-state index contributed by atoms with van der Waals surface area (Å²) in [5.74, 6) is 0.993. The first kappa shape index (κ1) is 20.3. The second-order valence-corrected chi connectivity index (χ2v) is 8.13. The Labute approximate surface area is 186 Å². The van der Waals surface area contributed by atoms with Gasteiger partial charge in [0.1, 0.15) is 11.8 Å². The first-order chi connectivity index (χ1) is 15.6. The van der Waals surface area contributed by atoms with E-state index in [-0.39, 0.29) is 5.56 Å². The number of aromatic nitrogens is 6. The number of anilines is 1. The summed E-state index contributed by atoms with van der Waals surface area (Å²) in [5, 5.41) is 4.54. The van der Waals surface area contributed by atoms with Crippen molar-refractivity contribution in [3.63, 3.8) is 0 Å². The Kier molecular flexibility index (Phi) is 5.40. The number of hydrogen-bond donors (Lipinski definition) is 0. The van der Waals surface area contributed by atoms with Crippen LogP contribution in [0.3, 0.4) is 0 Å². The normalized spacial score (nSPS) is 14.9. The van der Waals surface area contributed by atoms with Crippen molar-refractivity contribution in [1.82, 2.24) is 34.2 Å². The van der Waals surface area contributed by atoms with Gasteiger partial charge in [-0.1, -0.05) is 0 Å². The molecule has 9 nitrogen and oxygen atoms in total. The average Bonchev–Trinajstić information content (AvgIpc) is 3.13. The molecule has 0 bridgehead atoms. The van der Waals surface area contributed by atoms with E-state index in [0.717, 1.165) is 60.8 Å². The molecule has 0 aromatic carbocycles. The summed E-state index contributed by atoms with van der Waals surface area (Å²) >= 11 is 0. The van der Waals surface area contributed by atoms with E-state index < -0.39 is 0 Å². The fourth-order valence-electron chi connectivity index (χ4n) is 4.21. The molecule has 0 amide bonds. The van der Waals surface area contributed by atoms with Crippen molar-refractivity contribution in [2.75, 3.05) is 37.6 Å². The van der Waals surface area contributed by atoms with E-state index in [0.29, 0.717) is 6.54 Å². The van der Waals surface area contributed by atoms with Gasteiger partial charge in [0.15, 0.2) is 5.82 Å². The molecule has 0 unspecified atom stereocenters. The summed E-state index contributed by atoms with van der Waals surface area (Å²) in [4.78, 5) is 30.2. The van der Waals surface area contributed by atoms with Gasteiger partial charge in [-0.15, -0.1) is 0 Å². The fraction of sp³-hybridized carbons (Fsp3) is 0.348. The highest BCUT2D eigenvalue weighted by atomic mass is 16.1. The molecule has 0 saturated carbocycles. The van der Waals surface area contributed by atoms with Crippen molar-refractivity contribution >= 4 is 16.9 Å². The number of piperazine rings is 1. The second-order valence-electron chi connectivity index (χ2n) is 8.13. The first-order valence-electron chi connectivity index (χ1n) is 10.8. The zero-order valence-electron chi connectivity index (χ0n) is 18.3. The molecule has 5 heterocycles. The summed E-state index contributed by atoms with van der Waals surface area (Å²) in [6, 6.07) is 9.24. The van der Waals surface area contributed by atoms with Gasteiger partial charge in [0, 0.05) is 69.5 Å². The van der Waals surface area contributed by atoms with Crippen LogP contribution in [0, 0.1) is 6.92 Å². The lowest BCUT2D eigenvalue weighted by Crippen LogP contribution is -2.48. The van der Waals surface area contributed by atoms with Crippen LogP contribution in [0.2, 0.25) is 0 Å². The Morgan fingerprint density at radius 3 is 2.66 bits per heavy atom. The predicted molar refractivity (Wildman–Crippen MR) is 124 cm³/mol. The van der Waals surface area contributed by atoms with Crippen molar-refractivity contribution in [3.8, 4) is 11.3 Å². The molecule has 0 atom stereocenters. The summed E-state index contributed by atoms with van der Waals surface area (Å²) in [7, 11) is 2.06. The van der Waals surface area contributed by atoms with Crippen LogP contribution in [0.5, 0.6) is 0 Å². The van der Waals surface area contributed by atoms with Gasteiger partial charge in [0.05, 0.1) is 17.8 Å². The molecule has 32 heavy (non-hydrogen) atoms. The van der Waals surface area contributed by atoms with Gasteiger partial charge in [-0.25, -0.2) is 14.6 Å². The van der Waals surface area contributed by atoms with E-state index in [1.807, 2.05) is 12.1 Å². The molecule has 1 aliphatic heterocycles. The van der Waals surface area contributed by atoms with Crippen molar-refractivity contribution < 1.29 is 0 Å². The maximum atomic E-state index is 12.3. The van der Waals surface area contributed by atoms with Gasteiger partial charge < -0.3 is 9.47 Å². The molecule has 0 aliphatic carbocycles. The van der Waals surface area contributed by atoms with Crippen LogP contribution in [0.25, 0.3) is 22.3 Å². The Morgan fingerprint density at radius 1 is 1.03 bits per heavy atom. The third-order valence-corrected chi connectivity index (χ3v) is 6.17.